The van der Waals surface area contributed by atoms with E-state index in [0.29, 0.717) is 0 Å². The number of anilines is 6. The summed E-state index contributed by atoms with van der Waals surface area (Å²) in [6, 6.07) is 14.2. The number of hydrogen-bond donors (Lipinski definition) is 10. The minimum absolute atomic E-state index is 0.0298. The third-order valence-electron chi connectivity index (χ3n) is 8.42. The van der Waals surface area contributed by atoms with E-state index in [4.69, 9.17) is 22.9 Å². The summed E-state index contributed by atoms with van der Waals surface area (Å²) < 4.78 is 137. The van der Waals surface area contributed by atoms with Gasteiger partial charge in [-0.05, 0) is 72.8 Å². The van der Waals surface area contributed by atoms with Crippen LogP contribution in [0.5, 0.6) is 0 Å². The molecule has 0 atom stereocenters. The van der Waals surface area contributed by atoms with Crippen LogP contribution in [-0.2, 0) is 40.5 Å². The standard InChI is InChI=1S/C33H28N10O13S4/c34-19-7-11-25(57(45,46)47)17-3-5-21(36)31(29(17)19)42-40-23-9-1-15(13-27(23)59(51,52)53)38-33(44)39-16-2-10-24(28(14-16)60(54,55)56)41-43-32-22(37)6-4-18-26(58(48,49)50)12-8-20(35)30(18)32/h1-14H,34-37H2,(H2,38,39,44)(H,45,46,47)(H,48,49,50)(H,51,52,53)(H,54,55,56). The molecule has 0 unspecified atom stereocenters. The third-order valence-corrected chi connectivity index (χ3v) is 12.0. The Morgan fingerprint density at radius 2 is 0.767 bits per heavy atom. The average molecular weight is 901 g/mol. The number of nitrogens with two attached hydrogens (primary N) is 4. The molecule has 0 aliphatic rings. The van der Waals surface area contributed by atoms with E-state index >= 15 is 0 Å². The molecule has 0 saturated heterocycles. The maximum atomic E-state index is 13.0. The van der Waals surface area contributed by atoms with Crippen molar-refractivity contribution >= 4 is 125 Å². The highest BCUT2D eigenvalue weighted by atomic mass is 32.2. The Hall–Kier alpha value is -6.85. The third kappa shape index (κ3) is 8.76. The van der Waals surface area contributed by atoms with Crippen LogP contribution < -0.4 is 33.6 Å². The first-order valence-electron chi connectivity index (χ1n) is 16.2. The molecule has 60 heavy (non-hydrogen) atoms. The number of carbonyl (C=O) groups excluding carboxylic acids is 1. The van der Waals surface area contributed by atoms with Gasteiger partial charge >= 0.3 is 6.03 Å². The average Bonchev–Trinajstić information content (AvgIpc) is 3.13. The van der Waals surface area contributed by atoms with Gasteiger partial charge < -0.3 is 33.6 Å². The summed E-state index contributed by atoms with van der Waals surface area (Å²) in [4.78, 5) is 10.2. The fraction of sp³-hybridized carbons (Fsp3) is 0. The van der Waals surface area contributed by atoms with Crippen molar-refractivity contribution in [3.8, 4) is 0 Å². The van der Waals surface area contributed by atoms with Crippen molar-refractivity contribution < 1.29 is 56.7 Å². The summed E-state index contributed by atoms with van der Waals surface area (Å²) in [5, 5.41) is 19.9. The van der Waals surface area contributed by atoms with Crippen LogP contribution in [0, 0.1) is 0 Å². The Kier molecular flexibility index (Phi) is 11.0. The number of azo groups is 2. The zero-order valence-electron chi connectivity index (χ0n) is 29.8. The van der Waals surface area contributed by atoms with Gasteiger partial charge in [0.1, 0.15) is 42.3 Å². The van der Waals surface area contributed by atoms with E-state index in [2.05, 4.69) is 31.1 Å². The van der Waals surface area contributed by atoms with Crippen molar-refractivity contribution in [3.63, 3.8) is 0 Å². The molecule has 312 valence electrons. The van der Waals surface area contributed by atoms with Gasteiger partial charge in [-0.15, -0.1) is 20.5 Å². The molecule has 6 aromatic carbocycles. The van der Waals surface area contributed by atoms with Gasteiger partial charge in [0.2, 0.25) is 0 Å². The topological polar surface area (TPSA) is 412 Å². The van der Waals surface area contributed by atoms with Crippen molar-refractivity contribution in [2.45, 2.75) is 19.6 Å². The van der Waals surface area contributed by atoms with Crippen LogP contribution in [0.25, 0.3) is 21.5 Å². The largest absolute Gasteiger partial charge is 0.398 e. The number of carbonyl (C=O) groups is 1. The molecule has 0 spiro atoms. The van der Waals surface area contributed by atoms with E-state index in [1.54, 1.807) is 0 Å². The molecule has 14 N–H and O–H groups in total. The quantitative estimate of drug-likeness (QED) is 0.0442. The van der Waals surface area contributed by atoms with E-state index in [-0.39, 0.29) is 67.0 Å². The predicted molar refractivity (Wildman–Crippen MR) is 219 cm³/mol. The molecular formula is C33H28N10O13S4. The first kappa shape index (κ1) is 42.7. The second kappa shape index (κ2) is 15.4. The molecule has 0 aliphatic carbocycles. The first-order chi connectivity index (χ1) is 27.8. The van der Waals surface area contributed by atoms with Crippen LogP contribution in [0.15, 0.2) is 125 Å². The summed E-state index contributed by atoms with van der Waals surface area (Å²) in [6.45, 7) is 0. The Labute approximate surface area is 338 Å². The zero-order valence-corrected chi connectivity index (χ0v) is 33.0. The van der Waals surface area contributed by atoms with Gasteiger partial charge in [-0.3, -0.25) is 18.2 Å². The Morgan fingerprint density at radius 1 is 0.433 bits per heavy atom. The second-order valence-electron chi connectivity index (χ2n) is 12.4. The fourth-order valence-corrected chi connectivity index (χ4v) is 8.49. The monoisotopic (exact) mass is 900 g/mol. The molecule has 0 heterocycles. The Bertz CT molecular complexity index is 3120. The SMILES string of the molecule is Nc1ccc2c(S(=O)(=O)O)ccc(N)c2c1N=Nc1ccc(NC(=O)Nc2ccc(N=Nc3c(N)ccc4c(S(=O)(=O)O)ccc(N)c34)c(S(=O)(=O)O)c2)cc1S(=O)(=O)O. The minimum atomic E-state index is -5.08. The van der Waals surface area contributed by atoms with Crippen LogP contribution in [0.3, 0.4) is 0 Å². The van der Waals surface area contributed by atoms with Crippen LogP contribution in [-0.4, -0.2) is 57.9 Å². The smallest absolute Gasteiger partial charge is 0.323 e. The zero-order chi connectivity index (χ0) is 44.1. The van der Waals surface area contributed by atoms with Crippen molar-refractivity contribution in [1.29, 1.82) is 0 Å². The van der Waals surface area contributed by atoms with Crippen molar-refractivity contribution in [2.75, 3.05) is 33.6 Å². The molecule has 23 nitrogen and oxygen atoms in total. The number of hydrogen-bond acceptors (Lipinski definition) is 17. The van der Waals surface area contributed by atoms with Gasteiger partial charge in [0.05, 0.1) is 11.4 Å². The van der Waals surface area contributed by atoms with Crippen molar-refractivity contribution in [1.82, 2.24) is 0 Å². The van der Waals surface area contributed by atoms with E-state index in [1.165, 1.54) is 24.3 Å². The molecule has 2 amide bonds. The summed E-state index contributed by atoms with van der Waals surface area (Å²) >= 11 is 0. The van der Waals surface area contributed by atoms with E-state index in [1.807, 2.05) is 0 Å². The molecule has 0 fully saturated rings. The molecule has 0 bridgehead atoms. The Balaban J connectivity index is 1.29. The van der Waals surface area contributed by atoms with Crippen LogP contribution >= 0.6 is 0 Å². The van der Waals surface area contributed by atoms with Gasteiger partial charge in [0, 0.05) is 44.3 Å². The lowest BCUT2D eigenvalue weighted by Crippen LogP contribution is -2.19. The lowest BCUT2D eigenvalue weighted by Gasteiger charge is -2.12. The maximum absolute atomic E-state index is 13.0. The number of nitrogen functional groups attached to an aromatic ring is 4. The van der Waals surface area contributed by atoms with Crippen molar-refractivity contribution in [3.05, 3.63) is 84.9 Å². The molecule has 6 rings (SSSR count). The first-order valence-corrected chi connectivity index (χ1v) is 21.9. The normalized spacial score (nSPS) is 12.7. The van der Waals surface area contributed by atoms with Gasteiger partial charge in [-0.25, -0.2) is 4.79 Å². The summed E-state index contributed by atoms with van der Waals surface area (Å²) in [7, 11) is -19.6. The van der Waals surface area contributed by atoms with Crippen molar-refractivity contribution in [2.24, 2.45) is 20.5 Å². The van der Waals surface area contributed by atoms with Crippen LogP contribution in [0.1, 0.15) is 0 Å². The van der Waals surface area contributed by atoms with Gasteiger partial charge in [-0.2, -0.15) is 33.7 Å². The highest BCUT2D eigenvalue weighted by Crippen LogP contribution is 2.42. The van der Waals surface area contributed by atoms with E-state index in [9.17, 15) is 56.7 Å². The summed E-state index contributed by atoms with van der Waals surface area (Å²) in [5.74, 6) is 0. The highest BCUT2D eigenvalue weighted by molar-refractivity contribution is 7.86. The lowest BCUT2D eigenvalue weighted by molar-refractivity contribution is 0.262. The number of amides is 2. The Morgan fingerprint density at radius 3 is 1.10 bits per heavy atom. The number of fused-ring (bicyclic) bond motifs is 2. The molecule has 0 aliphatic heterocycles. The van der Waals surface area contributed by atoms with Crippen LogP contribution in [0.2, 0.25) is 0 Å². The molecule has 0 saturated carbocycles. The predicted octanol–water partition coefficient (Wildman–Crippen LogP) is 5.78. The van der Waals surface area contributed by atoms with Gasteiger partial charge in [0.25, 0.3) is 40.5 Å². The second-order valence-corrected chi connectivity index (χ2v) is 18.0. The molecular weight excluding hydrogens is 873 g/mol. The minimum Gasteiger partial charge on any atom is -0.398 e. The molecule has 27 heteroatoms. The number of urea groups is 1. The highest BCUT2D eigenvalue weighted by Gasteiger charge is 2.23. The van der Waals surface area contributed by atoms with Gasteiger partial charge in [0.15, 0.2) is 0 Å². The van der Waals surface area contributed by atoms with Crippen LogP contribution in [0.4, 0.5) is 61.7 Å². The number of nitrogens with zero attached hydrogens (tertiary/aromatic N) is 4. The molecule has 0 aromatic heterocycles. The molecule has 0 radical (unpaired) electrons. The number of nitrogens with one attached hydrogen (secondary N) is 2. The van der Waals surface area contributed by atoms with E-state index in [0.717, 1.165) is 60.7 Å². The maximum Gasteiger partial charge on any atom is 0.323 e. The fourth-order valence-electron chi connectivity index (χ4n) is 5.82. The lowest BCUT2D eigenvalue weighted by atomic mass is 10.1. The van der Waals surface area contributed by atoms with E-state index < -0.39 is 77.5 Å². The molecule has 6 aromatic rings. The van der Waals surface area contributed by atoms with Gasteiger partial charge in [-0.1, -0.05) is 12.1 Å². The summed E-state index contributed by atoms with van der Waals surface area (Å²) in [5.41, 5.74) is 22.0. The number of benzene rings is 6. The summed E-state index contributed by atoms with van der Waals surface area (Å²) in [6.07, 6.45) is 0. The number of rotatable bonds is 10.